The van der Waals surface area contributed by atoms with Gasteiger partial charge in [-0.05, 0) is 6.92 Å². The van der Waals surface area contributed by atoms with E-state index in [2.05, 4.69) is 0 Å². The van der Waals surface area contributed by atoms with Crippen LogP contribution in [0.15, 0.2) is 12.2 Å². The summed E-state index contributed by atoms with van der Waals surface area (Å²) in [5.74, 6) is 0.0215. The number of rotatable bonds is 6. The molecule has 0 aromatic heterocycles. The highest BCUT2D eigenvalue weighted by atomic mass is 16.5. The zero-order chi connectivity index (χ0) is 11.1. The first-order valence-electron chi connectivity index (χ1n) is 5.03. The summed E-state index contributed by atoms with van der Waals surface area (Å²) in [5, 5.41) is 18.7. The minimum Gasteiger partial charge on any atom is -0.396 e. The molecule has 0 fully saturated rings. The molecule has 0 rings (SSSR count). The maximum absolute atomic E-state index is 9.72. The monoisotopic (exact) mass is 202 g/mol. The number of aliphatic hydroxyl groups is 2. The molecule has 14 heavy (non-hydrogen) atoms. The molecule has 0 spiro atoms. The highest BCUT2D eigenvalue weighted by molar-refractivity contribution is 4.91. The number of allylic oxidation sites excluding steroid dienone is 1. The Morgan fingerprint density at radius 3 is 2.29 bits per heavy atom. The van der Waals surface area contributed by atoms with Gasteiger partial charge in [-0.2, -0.15) is 0 Å². The van der Waals surface area contributed by atoms with Crippen molar-refractivity contribution in [3.05, 3.63) is 12.2 Å². The van der Waals surface area contributed by atoms with Crippen LogP contribution in [0.1, 0.15) is 20.8 Å². The first kappa shape index (κ1) is 13.6. The molecular weight excluding hydrogens is 180 g/mol. The van der Waals surface area contributed by atoms with E-state index in [4.69, 9.17) is 9.84 Å². The molecule has 0 heterocycles. The zero-order valence-electron chi connectivity index (χ0n) is 9.47. The predicted molar refractivity (Wildman–Crippen MR) is 57.0 cm³/mol. The van der Waals surface area contributed by atoms with Gasteiger partial charge in [0.25, 0.3) is 0 Å². The maximum atomic E-state index is 9.72. The van der Waals surface area contributed by atoms with Gasteiger partial charge in [0.05, 0.1) is 12.2 Å². The van der Waals surface area contributed by atoms with Crippen LogP contribution in [0.25, 0.3) is 0 Å². The SMILES string of the molecule is C/C=C/[C@@H](O)[C@H](C)[C@@H](OC)[C@@H](C)CO. The van der Waals surface area contributed by atoms with Gasteiger partial charge in [-0.3, -0.25) is 0 Å². The molecule has 4 atom stereocenters. The Morgan fingerprint density at radius 2 is 1.93 bits per heavy atom. The molecule has 0 radical (unpaired) electrons. The van der Waals surface area contributed by atoms with Crippen molar-refractivity contribution in [2.24, 2.45) is 11.8 Å². The van der Waals surface area contributed by atoms with Crippen LogP contribution < -0.4 is 0 Å². The summed E-state index contributed by atoms with van der Waals surface area (Å²) in [6, 6.07) is 0. The lowest BCUT2D eigenvalue weighted by atomic mass is 9.89. The van der Waals surface area contributed by atoms with Crippen molar-refractivity contribution in [3.63, 3.8) is 0 Å². The fourth-order valence-electron chi connectivity index (χ4n) is 1.64. The number of hydrogen-bond donors (Lipinski definition) is 2. The van der Waals surface area contributed by atoms with Gasteiger partial charge in [0.15, 0.2) is 0 Å². The molecule has 0 aromatic rings. The van der Waals surface area contributed by atoms with Gasteiger partial charge >= 0.3 is 0 Å². The van der Waals surface area contributed by atoms with E-state index < -0.39 is 6.10 Å². The van der Waals surface area contributed by atoms with Crippen molar-refractivity contribution in [1.82, 2.24) is 0 Å². The van der Waals surface area contributed by atoms with Gasteiger partial charge in [0, 0.05) is 25.6 Å². The summed E-state index contributed by atoms with van der Waals surface area (Å²) < 4.78 is 5.28. The highest BCUT2D eigenvalue weighted by Crippen LogP contribution is 2.20. The summed E-state index contributed by atoms with van der Waals surface area (Å²) in [6.07, 6.45) is 2.92. The second kappa shape index (κ2) is 6.98. The van der Waals surface area contributed by atoms with Gasteiger partial charge in [-0.15, -0.1) is 0 Å². The van der Waals surface area contributed by atoms with E-state index in [-0.39, 0.29) is 24.5 Å². The Balaban J connectivity index is 4.36. The van der Waals surface area contributed by atoms with E-state index in [1.54, 1.807) is 13.2 Å². The molecule has 0 saturated heterocycles. The molecule has 0 saturated carbocycles. The Hall–Kier alpha value is -0.380. The summed E-state index contributed by atoms with van der Waals surface area (Å²) in [6.45, 7) is 5.77. The molecule has 84 valence electrons. The van der Waals surface area contributed by atoms with E-state index >= 15 is 0 Å². The number of ether oxygens (including phenoxy) is 1. The van der Waals surface area contributed by atoms with Gasteiger partial charge in [-0.1, -0.05) is 26.0 Å². The molecule has 0 amide bonds. The average molecular weight is 202 g/mol. The van der Waals surface area contributed by atoms with Crippen molar-refractivity contribution in [2.45, 2.75) is 33.0 Å². The molecule has 3 heteroatoms. The smallest absolute Gasteiger partial charge is 0.0771 e. The Bertz CT molecular complexity index is 168. The third kappa shape index (κ3) is 3.78. The van der Waals surface area contributed by atoms with Gasteiger partial charge in [0.2, 0.25) is 0 Å². The van der Waals surface area contributed by atoms with Gasteiger partial charge in [0.1, 0.15) is 0 Å². The van der Waals surface area contributed by atoms with E-state index in [1.807, 2.05) is 26.8 Å². The maximum Gasteiger partial charge on any atom is 0.0771 e. The second-order valence-electron chi connectivity index (χ2n) is 3.74. The first-order chi connectivity index (χ1) is 6.58. The topological polar surface area (TPSA) is 49.7 Å². The van der Waals surface area contributed by atoms with Crippen molar-refractivity contribution >= 4 is 0 Å². The molecule has 0 aliphatic rings. The lowest BCUT2D eigenvalue weighted by Gasteiger charge is -2.29. The summed E-state index contributed by atoms with van der Waals surface area (Å²) in [5.41, 5.74) is 0. The average Bonchev–Trinajstić information content (AvgIpc) is 2.18. The molecule has 0 unspecified atom stereocenters. The van der Waals surface area contributed by atoms with Crippen LogP contribution in [-0.2, 0) is 4.74 Å². The highest BCUT2D eigenvalue weighted by Gasteiger charge is 2.26. The van der Waals surface area contributed by atoms with Crippen LogP contribution in [0.5, 0.6) is 0 Å². The van der Waals surface area contributed by atoms with Crippen molar-refractivity contribution in [2.75, 3.05) is 13.7 Å². The molecule has 0 aliphatic heterocycles. The second-order valence-corrected chi connectivity index (χ2v) is 3.74. The first-order valence-corrected chi connectivity index (χ1v) is 5.03. The largest absolute Gasteiger partial charge is 0.396 e. The molecule has 0 aliphatic carbocycles. The molecule has 0 aromatic carbocycles. The van der Waals surface area contributed by atoms with Crippen LogP contribution in [0.3, 0.4) is 0 Å². The van der Waals surface area contributed by atoms with Crippen LogP contribution in [0, 0.1) is 11.8 Å². The van der Waals surface area contributed by atoms with Crippen LogP contribution in [0.4, 0.5) is 0 Å². The normalized spacial score (nSPS) is 20.7. The Labute approximate surface area is 86.4 Å². The number of methoxy groups -OCH3 is 1. The molecule has 0 bridgehead atoms. The fraction of sp³-hybridized carbons (Fsp3) is 0.818. The van der Waals surface area contributed by atoms with Crippen LogP contribution >= 0.6 is 0 Å². The summed E-state index contributed by atoms with van der Waals surface area (Å²) >= 11 is 0. The van der Waals surface area contributed by atoms with Crippen molar-refractivity contribution in [3.8, 4) is 0 Å². The van der Waals surface area contributed by atoms with Gasteiger partial charge < -0.3 is 14.9 Å². The minimum atomic E-state index is -0.515. The number of aliphatic hydroxyl groups excluding tert-OH is 2. The van der Waals surface area contributed by atoms with E-state index in [0.29, 0.717) is 0 Å². The standard InChI is InChI=1S/C11H22O3/c1-5-6-10(13)9(3)11(14-4)8(2)7-12/h5-6,8-13H,7H2,1-4H3/b6-5+/t8-,9-,10+,11-/m0/s1. The summed E-state index contributed by atoms with van der Waals surface area (Å²) in [7, 11) is 1.61. The Kier molecular flexibility index (Phi) is 6.79. The van der Waals surface area contributed by atoms with Crippen molar-refractivity contribution in [1.29, 1.82) is 0 Å². The van der Waals surface area contributed by atoms with Gasteiger partial charge in [-0.25, -0.2) is 0 Å². The predicted octanol–water partition coefficient (Wildman–Crippen LogP) is 1.20. The van der Waals surface area contributed by atoms with E-state index in [0.717, 1.165) is 0 Å². The molecule has 3 nitrogen and oxygen atoms in total. The third-order valence-electron chi connectivity index (χ3n) is 2.57. The third-order valence-corrected chi connectivity index (χ3v) is 2.57. The number of hydrogen-bond acceptors (Lipinski definition) is 3. The summed E-state index contributed by atoms with van der Waals surface area (Å²) in [4.78, 5) is 0. The van der Waals surface area contributed by atoms with Crippen LogP contribution in [0.2, 0.25) is 0 Å². The Morgan fingerprint density at radius 1 is 1.36 bits per heavy atom. The quantitative estimate of drug-likeness (QED) is 0.636. The lowest BCUT2D eigenvalue weighted by Crippen LogP contribution is -2.36. The minimum absolute atomic E-state index is 0.0154. The zero-order valence-corrected chi connectivity index (χ0v) is 9.47. The van der Waals surface area contributed by atoms with E-state index in [9.17, 15) is 5.11 Å². The van der Waals surface area contributed by atoms with Crippen LogP contribution in [-0.4, -0.2) is 36.1 Å². The van der Waals surface area contributed by atoms with Crippen molar-refractivity contribution < 1.29 is 14.9 Å². The fourth-order valence-corrected chi connectivity index (χ4v) is 1.64. The lowest BCUT2D eigenvalue weighted by molar-refractivity contribution is -0.0334. The van der Waals surface area contributed by atoms with E-state index in [1.165, 1.54) is 0 Å². The molecular formula is C11H22O3. The molecule has 2 N–H and O–H groups in total.